The van der Waals surface area contributed by atoms with Crippen LogP contribution in [0.1, 0.15) is 64.2 Å². The van der Waals surface area contributed by atoms with Gasteiger partial charge in [-0.15, -0.1) is 12.4 Å². The minimum absolute atomic E-state index is 0. The van der Waals surface area contributed by atoms with Crippen LogP contribution in [0.15, 0.2) is 0 Å². The number of hydrogen-bond acceptors (Lipinski definition) is 2. The summed E-state index contributed by atoms with van der Waals surface area (Å²) in [5.74, 6) is 0. The Morgan fingerprint density at radius 2 is 0.941 bits per heavy atom. The van der Waals surface area contributed by atoms with Gasteiger partial charge in [-0.25, -0.2) is 0 Å². The maximum absolute atomic E-state index is 3.70. The van der Waals surface area contributed by atoms with Crippen molar-refractivity contribution in [3.05, 3.63) is 0 Å². The topological polar surface area (TPSA) is 24.1 Å². The second kappa shape index (κ2) is 9.18. The van der Waals surface area contributed by atoms with Gasteiger partial charge in [0, 0.05) is 25.2 Å². The van der Waals surface area contributed by atoms with Crippen LogP contribution in [0.25, 0.3) is 0 Å². The molecule has 2 aliphatic carbocycles. The molecule has 0 atom stereocenters. The Bertz CT molecular complexity index is 155. The summed E-state index contributed by atoms with van der Waals surface area (Å²) in [5, 5.41) is 7.40. The molecule has 3 heteroatoms. The summed E-state index contributed by atoms with van der Waals surface area (Å²) in [6, 6.07) is 1.64. The SMILES string of the molecule is C1CCC(NCCNC2CCCCC2)CC1.Cl. The molecule has 2 nitrogen and oxygen atoms in total. The van der Waals surface area contributed by atoms with Gasteiger partial charge in [0.2, 0.25) is 0 Å². The predicted molar refractivity (Wildman–Crippen MR) is 77.0 cm³/mol. The third-order valence-electron chi connectivity index (χ3n) is 4.20. The number of hydrogen-bond donors (Lipinski definition) is 2. The standard InChI is InChI=1S/C14H28N2.ClH/c1-3-7-13(8-4-1)15-11-12-16-14-9-5-2-6-10-14;/h13-16H,1-12H2;1H. The van der Waals surface area contributed by atoms with Crippen molar-refractivity contribution in [2.24, 2.45) is 0 Å². The lowest BCUT2D eigenvalue weighted by Crippen LogP contribution is -2.40. The monoisotopic (exact) mass is 260 g/mol. The second-order valence-corrected chi connectivity index (χ2v) is 5.58. The molecule has 0 heterocycles. The van der Waals surface area contributed by atoms with Crippen LogP contribution in [0.5, 0.6) is 0 Å². The quantitative estimate of drug-likeness (QED) is 0.742. The molecule has 2 aliphatic rings. The third-order valence-corrected chi connectivity index (χ3v) is 4.20. The number of rotatable bonds is 5. The predicted octanol–water partition coefficient (Wildman–Crippen LogP) is 3.25. The molecule has 0 saturated heterocycles. The lowest BCUT2D eigenvalue weighted by molar-refractivity contribution is 0.347. The Morgan fingerprint density at radius 3 is 1.29 bits per heavy atom. The molecule has 0 radical (unpaired) electrons. The fraction of sp³-hybridized carbons (Fsp3) is 1.00. The van der Waals surface area contributed by atoms with Crippen LogP contribution in [-0.4, -0.2) is 25.2 Å². The van der Waals surface area contributed by atoms with Crippen LogP contribution in [-0.2, 0) is 0 Å². The zero-order valence-corrected chi connectivity index (χ0v) is 11.9. The van der Waals surface area contributed by atoms with Gasteiger partial charge in [0.15, 0.2) is 0 Å². The van der Waals surface area contributed by atoms with Crippen LogP contribution in [0.2, 0.25) is 0 Å². The van der Waals surface area contributed by atoms with E-state index in [4.69, 9.17) is 0 Å². The van der Waals surface area contributed by atoms with E-state index in [1.165, 1.54) is 77.3 Å². The average molecular weight is 261 g/mol. The Labute approximate surface area is 113 Å². The first kappa shape index (κ1) is 15.3. The average Bonchev–Trinajstić information content (AvgIpc) is 2.37. The minimum atomic E-state index is 0. The maximum Gasteiger partial charge on any atom is 0.00794 e. The molecule has 2 saturated carbocycles. The van der Waals surface area contributed by atoms with E-state index in [2.05, 4.69) is 10.6 Å². The van der Waals surface area contributed by atoms with E-state index in [1.54, 1.807) is 0 Å². The molecule has 102 valence electrons. The summed E-state index contributed by atoms with van der Waals surface area (Å²) in [4.78, 5) is 0. The molecule has 2 rings (SSSR count). The number of halogens is 1. The fourth-order valence-electron chi connectivity index (χ4n) is 3.17. The van der Waals surface area contributed by atoms with Gasteiger partial charge >= 0.3 is 0 Å². The molecule has 2 fully saturated rings. The van der Waals surface area contributed by atoms with E-state index >= 15 is 0 Å². The van der Waals surface area contributed by atoms with Crippen LogP contribution in [0.4, 0.5) is 0 Å². The lowest BCUT2D eigenvalue weighted by Gasteiger charge is -2.25. The van der Waals surface area contributed by atoms with Crippen LogP contribution < -0.4 is 10.6 Å². The lowest BCUT2D eigenvalue weighted by atomic mass is 9.95. The Hall–Kier alpha value is 0.210. The van der Waals surface area contributed by atoms with Crippen LogP contribution >= 0.6 is 12.4 Å². The van der Waals surface area contributed by atoms with Crippen molar-refractivity contribution in [1.82, 2.24) is 10.6 Å². The van der Waals surface area contributed by atoms with E-state index in [-0.39, 0.29) is 12.4 Å². The highest BCUT2D eigenvalue weighted by Crippen LogP contribution is 2.18. The summed E-state index contributed by atoms with van der Waals surface area (Å²) in [6.45, 7) is 2.34. The van der Waals surface area contributed by atoms with E-state index in [0.29, 0.717) is 0 Å². The number of nitrogens with one attached hydrogen (secondary N) is 2. The van der Waals surface area contributed by atoms with Crippen LogP contribution in [0.3, 0.4) is 0 Å². The first-order chi connectivity index (χ1) is 7.95. The molecule has 0 aromatic heterocycles. The van der Waals surface area contributed by atoms with Gasteiger partial charge in [-0.1, -0.05) is 38.5 Å². The highest BCUT2D eigenvalue weighted by atomic mass is 35.5. The van der Waals surface area contributed by atoms with E-state index in [1.807, 2.05) is 0 Å². The summed E-state index contributed by atoms with van der Waals surface area (Å²) >= 11 is 0. The van der Waals surface area contributed by atoms with Gasteiger partial charge in [0.05, 0.1) is 0 Å². The van der Waals surface area contributed by atoms with Gasteiger partial charge in [0.1, 0.15) is 0 Å². The Balaban J connectivity index is 0.00000144. The van der Waals surface area contributed by atoms with E-state index in [9.17, 15) is 0 Å². The van der Waals surface area contributed by atoms with E-state index in [0.717, 1.165) is 12.1 Å². The summed E-state index contributed by atoms with van der Waals surface area (Å²) in [7, 11) is 0. The van der Waals surface area contributed by atoms with Gasteiger partial charge in [0.25, 0.3) is 0 Å². The van der Waals surface area contributed by atoms with Crippen LogP contribution in [0, 0.1) is 0 Å². The highest BCUT2D eigenvalue weighted by Gasteiger charge is 2.14. The Kier molecular flexibility index (Phi) is 8.25. The molecular formula is C14H29ClN2. The molecule has 0 amide bonds. The molecule has 17 heavy (non-hydrogen) atoms. The van der Waals surface area contributed by atoms with Crippen molar-refractivity contribution in [2.45, 2.75) is 76.3 Å². The van der Waals surface area contributed by atoms with Crippen molar-refractivity contribution in [3.63, 3.8) is 0 Å². The van der Waals surface area contributed by atoms with Gasteiger partial charge in [-0.2, -0.15) is 0 Å². The van der Waals surface area contributed by atoms with Gasteiger partial charge in [-0.05, 0) is 25.7 Å². The molecule has 0 aliphatic heterocycles. The second-order valence-electron chi connectivity index (χ2n) is 5.58. The maximum atomic E-state index is 3.70. The zero-order valence-electron chi connectivity index (χ0n) is 11.0. The molecule has 0 bridgehead atoms. The van der Waals surface area contributed by atoms with Crippen molar-refractivity contribution in [2.75, 3.05) is 13.1 Å². The minimum Gasteiger partial charge on any atom is -0.313 e. The molecular weight excluding hydrogens is 232 g/mol. The van der Waals surface area contributed by atoms with Crippen molar-refractivity contribution in [3.8, 4) is 0 Å². The zero-order chi connectivity index (χ0) is 11.1. The molecule has 0 unspecified atom stereocenters. The largest absolute Gasteiger partial charge is 0.313 e. The third kappa shape index (κ3) is 6.08. The van der Waals surface area contributed by atoms with Gasteiger partial charge < -0.3 is 10.6 Å². The molecule has 2 N–H and O–H groups in total. The summed E-state index contributed by atoms with van der Waals surface area (Å²) in [6.07, 6.45) is 14.3. The van der Waals surface area contributed by atoms with E-state index < -0.39 is 0 Å². The highest BCUT2D eigenvalue weighted by molar-refractivity contribution is 5.85. The smallest absolute Gasteiger partial charge is 0.00794 e. The molecule has 0 aromatic rings. The molecule has 0 spiro atoms. The summed E-state index contributed by atoms with van der Waals surface area (Å²) < 4.78 is 0. The summed E-state index contributed by atoms with van der Waals surface area (Å²) in [5.41, 5.74) is 0. The van der Waals surface area contributed by atoms with Gasteiger partial charge in [-0.3, -0.25) is 0 Å². The molecule has 0 aromatic carbocycles. The van der Waals surface area contributed by atoms with Crippen molar-refractivity contribution >= 4 is 12.4 Å². The fourth-order valence-corrected chi connectivity index (χ4v) is 3.17. The van der Waals surface area contributed by atoms with Crippen molar-refractivity contribution in [1.29, 1.82) is 0 Å². The normalized spacial score (nSPS) is 23.3. The Morgan fingerprint density at radius 1 is 0.588 bits per heavy atom. The first-order valence-corrected chi connectivity index (χ1v) is 7.42. The first-order valence-electron chi connectivity index (χ1n) is 7.42. The van der Waals surface area contributed by atoms with Crippen molar-refractivity contribution < 1.29 is 0 Å².